The van der Waals surface area contributed by atoms with Crippen molar-refractivity contribution in [2.24, 2.45) is 5.73 Å². The van der Waals surface area contributed by atoms with Gasteiger partial charge in [-0.25, -0.2) is 4.52 Å². The Morgan fingerprint density at radius 1 is 1.57 bits per heavy atom. The van der Waals surface area contributed by atoms with E-state index in [2.05, 4.69) is 5.10 Å². The summed E-state index contributed by atoms with van der Waals surface area (Å²) >= 11 is 0. The lowest BCUT2D eigenvalue weighted by Gasteiger charge is -1.93. The van der Waals surface area contributed by atoms with E-state index < -0.39 is 0 Å². The molecule has 0 aliphatic rings. The van der Waals surface area contributed by atoms with Gasteiger partial charge in [0.15, 0.2) is 5.78 Å². The molecular formula is C10H11N3O. The fraction of sp³-hybridized carbons (Fsp3) is 0.200. The molecule has 0 unspecified atom stereocenters. The molecule has 2 rings (SSSR count). The molecule has 0 fully saturated rings. The summed E-state index contributed by atoms with van der Waals surface area (Å²) in [6.07, 6.45) is 1.88. The average Bonchev–Trinajstić information content (AvgIpc) is 2.59. The quantitative estimate of drug-likeness (QED) is 0.710. The molecule has 2 aromatic rings. The Bertz CT molecular complexity index is 487. The van der Waals surface area contributed by atoms with Crippen LogP contribution < -0.4 is 5.73 Å². The van der Waals surface area contributed by atoms with Crippen molar-refractivity contribution in [2.45, 2.75) is 6.92 Å². The molecule has 0 aromatic carbocycles. The third kappa shape index (κ3) is 1.40. The topological polar surface area (TPSA) is 60.4 Å². The molecule has 2 aromatic heterocycles. The van der Waals surface area contributed by atoms with Crippen LogP contribution in [0, 0.1) is 6.92 Å². The molecule has 72 valence electrons. The van der Waals surface area contributed by atoms with Gasteiger partial charge in [0.25, 0.3) is 0 Å². The molecule has 0 atom stereocenters. The summed E-state index contributed by atoms with van der Waals surface area (Å²) in [7, 11) is 0. The van der Waals surface area contributed by atoms with Crippen LogP contribution in [0.25, 0.3) is 5.52 Å². The monoisotopic (exact) mass is 189 g/mol. The lowest BCUT2D eigenvalue weighted by atomic mass is 10.2. The predicted molar refractivity (Wildman–Crippen MR) is 53.3 cm³/mol. The molecule has 0 aliphatic carbocycles. The minimum Gasteiger partial charge on any atom is -0.324 e. The second-order valence-electron chi connectivity index (χ2n) is 3.23. The van der Waals surface area contributed by atoms with Crippen molar-refractivity contribution in [3.63, 3.8) is 0 Å². The highest BCUT2D eigenvalue weighted by molar-refractivity contribution is 5.96. The number of pyridine rings is 1. The van der Waals surface area contributed by atoms with Crippen LogP contribution in [-0.2, 0) is 0 Å². The fourth-order valence-electron chi connectivity index (χ4n) is 1.33. The molecule has 0 radical (unpaired) electrons. The van der Waals surface area contributed by atoms with Crippen LogP contribution in [0.1, 0.15) is 16.1 Å². The fourth-order valence-corrected chi connectivity index (χ4v) is 1.33. The first-order valence-corrected chi connectivity index (χ1v) is 4.40. The maximum Gasteiger partial charge on any atom is 0.196 e. The van der Waals surface area contributed by atoms with E-state index in [1.165, 1.54) is 0 Å². The first-order chi connectivity index (χ1) is 6.70. The van der Waals surface area contributed by atoms with Crippen LogP contribution in [0.5, 0.6) is 0 Å². The Kier molecular flexibility index (Phi) is 2.05. The summed E-state index contributed by atoms with van der Waals surface area (Å²) in [5.41, 5.74) is 7.70. The Hall–Kier alpha value is -1.68. The minimum absolute atomic E-state index is 0.00284. The maximum atomic E-state index is 11.3. The summed E-state index contributed by atoms with van der Waals surface area (Å²) in [4.78, 5) is 11.3. The standard InChI is InChI=1S/C10H11N3O/c1-7-2-3-8-4-9(10(14)5-11)12-13(8)6-7/h2-4,6H,5,11H2,1H3. The lowest BCUT2D eigenvalue weighted by molar-refractivity contribution is 0.0996. The highest BCUT2D eigenvalue weighted by atomic mass is 16.1. The number of Topliss-reactive ketones (excluding diaryl/α,β-unsaturated/α-hetero) is 1. The Morgan fingerprint density at radius 3 is 3.07 bits per heavy atom. The third-order valence-electron chi connectivity index (χ3n) is 2.08. The summed E-state index contributed by atoms with van der Waals surface area (Å²) in [6, 6.07) is 5.65. The van der Waals surface area contributed by atoms with E-state index in [1.807, 2.05) is 25.3 Å². The van der Waals surface area contributed by atoms with E-state index in [9.17, 15) is 4.79 Å². The van der Waals surface area contributed by atoms with E-state index in [0.29, 0.717) is 5.69 Å². The number of carbonyl (C=O) groups is 1. The van der Waals surface area contributed by atoms with E-state index in [0.717, 1.165) is 11.1 Å². The number of nitrogens with two attached hydrogens (primary N) is 1. The maximum absolute atomic E-state index is 11.3. The number of aryl methyl sites for hydroxylation is 1. The van der Waals surface area contributed by atoms with Gasteiger partial charge in [0.05, 0.1) is 12.1 Å². The molecule has 0 amide bonds. The van der Waals surface area contributed by atoms with E-state index >= 15 is 0 Å². The molecule has 0 saturated carbocycles. The Morgan fingerprint density at radius 2 is 2.36 bits per heavy atom. The molecule has 0 bridgehead atoms. The number of fused-ring (bicyclic) bond motifs is 1. The Balaban J connectivity index is 2.56. The molecule has 4 heteroatoms. The zero-order chi connectivity index (χ0) is 10.1. The number of aromatic nitrogens is 2. The van der Waals surface area contributed by atoms with Crippen molar-refractivity contribution in [3.05, 3.63) is 35.7 Å². The number of rotatable bonds is 2. The first kappa shape index (κ1) is 8.90. The van der Waals surface area contributed by atoms with E-state index in [-0.39, 0.29) is 12.3 Å². The number of nitrogens with zero attached hydrogens (tertiary/aromatic N) is 2. The highest BCUT2D eigenvalue weighted by Crippen LogP contribution is 2.08. The number of carbonyl (C=O) groups excluding carboxylic acids is 1. The summed E-state index contributed by atoms with van der Waals surface area (Å²) in [5.74, 6) is -0.133. The van der Waals surface area contributed by atoms with Crippen LogP contribution in [0.3, 0.4) is 0 Å². The van der Waals surface area contributed by atoms with Gasteiger partial charge in [-0.05, 0) is 24.6 Å². The van der Waals surface area contributed by atoms with Gasteiger partial charge in [-0.3, -0.25) is 4.79 Å². The van der Waals surface area contributed by atoms with Crippen molar-refractivity contribution in [2.75, 3.05) is 6.54 Å². The van der Waals surface area contributed by atoms with Crippen LogP contribution in [0.15, 0.2) is 24.4 Å². The van der Waals surface area contributed by atoms with Crippen molar-refractivity contribution >= 4 is 11.3 Å². The van der Waals surface area contributed by atoms with Gasteiger partial charge >= 0.3 is 0 Å². The SMILES string of the molecule is Cc1ccc2cc(C(=O)CN)nn2c1. The normalized spacial score (nSPS) is 10.7. The number of ketones is 1. The van der Waals surface area contributed by atoms with Crippen LogP contribution in [0.4, 0.5) is 0 Å². The predicted octanol–water partition coefficient (Wildman–Crippen LogP) is 0.784. The third-order valence-corrected chi connectivity index (χ3v) is 2.08. The zero-order valence-corrected chi connectivity index (χ0v) is 7.90. The second-order valence-corrected chi connectivity index (χ2v) is 3.23. The van der Waals surface area contributed by atoms with Gasteiger partial charge in [-0.2, -0.15) is 5.10 Å². The molecule has 0 aliphatic heterocycles. The molecule has 0 saturated heterocycles. The molecule has 0 spiro atoms. The summed E-state index contributed by atoms with van der Waals surface area (Å²) in [6.45, 7) is 1.98. The van der Waals surface area contributed by atoms with Crippen molar-refractivity contribution in [1.29, 1.82) is 0 Å². The molecule has 2 N–H and O–H groups in total. The summed E-state index contributed by atoms with van der Waals surface area (Å²) < 4.78 is 1.69. The van der Waals surface area contributed by atoms with Gasteiger partial charge in [0.1, 0.15) is 5.69 Å². The van der Waals surface area contributed by atoms with Crippen LogP contribution >= 0.6 is 0 Å². The van der Waals surface area contributed by atoms with E-state index in [4.69, 9.17) is 5.73 Å². The summed E-state index contributed by atoms with van der Waals surface area (Å²) in [5, 5.41) is 4.13. The molecule has 2 heterocycles. The largest absolute Gasteiger partial charge is 0.324 e. The lowest BCUT2D eigenvalue weighted by Crippen LogP contribution is -2.14. The van der Waals surface area contributed by atoms with Crippen LogP contribution in [-0.4, -0.2) is 21.9 Å². The average molecular weight is 189 g/mol. The van der Waals surface area contributed by atoms with Gasteiger partial charge in [0.2, 0.25) is 0 Å². The first-order valence-electron chi connectivity index (χ1n) is 4.40. The van der Waals surface area contributed by atoms with Crippen molar-refractivity contribution in [1.82, 2.24) is 9.61 Å². The smallest absolute Gasteiger partial charge is 0.196 e. The van der Waals surface area contributed by atoms with Crippen molar-refractivity contribution < 1.29 is 4.79 Å². The van der Waals surface area contributed by atoms with E-state index in [1.54, 1.807) is 10.6 Å². The molecule has 4 nitrogen and oxygen atoms in total. The van der Waals surface area contributed by atoms with Gasteiger partial charge in [-0.1, -0.05) is 6.07 Å². The van der Waals surface area contributed by atoms with Gasteiger partial charge < -0.3 is 5.73 Å². The minimum atomic E-state index is -0.133. The van der Waals surface area contributed by atoms with Gasteiger partial charge in [-0.15, -0.1) is 0 Å². The second kappa shape index (κ2) is 3.23. The Labute approximate surface area is 81.3 Å². The molecule has 14 heavy (non-hydrogen) atoms. The number of hydrogen-bond donors (Lipinski definition) is 1. The molecular weight excluding hydrogens is 178 g/mol. The zero-order valence-electron chi connectivity index (χ0n) is 7.90. The number of hydrogen-bond acceptors (Lipinski definition) is 3. The highest BCUT2D eigenvalue weighted by Gasteiger charge is 2.08. The van der Waals surface area contributed by atoms with Crippen molar-refractivity contribution in [3.8, 4) is 0 Å². The van der Waals surface area contributed by atoms with Gasteiger partial charge in [0, 0.05) is 6.20 Å². The van der Waals surface area contributed by atoms with Crippen LogP contribution in [0.2, 0.25) is 0 Å².